The van der Waals surface area contributed by atoms with E-state index in [1.807, 2.05) is 16.8 Å². The van der Waals surface area contributed by atoms with Gasteiger partial charge in [0, 0.05) is 44.8 Å². The van der Waals surface area contributed by atoms with Crippen molar-refractivity contribution in [3.05, 3.63) is 17.4 Å². The third-order valence-electron chi connectivity index (χ3n) is 5.00. The molecule has 0 radical (unpaired) electrons. The summed E-state index contributed by atoms with van der Waals surface area (Å²) < 4.78 is 1.57. The van der Waals surface area contributed by atoms with Gasteiger partial charge in [-0.2, -0.15) is 5.10 Å². The van der Waals surface area contributed by atoms with Crippen LogP contribution in [0.1, 0.15) is 19.3 Å². The minimum absolute atomic E-state index is 0. The maximum Gasteiger partial charge on any atom is 0.244 e. The lowest BCUT2D eigenvalue weighted by atomic mass is 9.83. The van der Waals surface area contributed by atoms with E-state index in [1.54, 1.807) is 10.9 Å². The average molecular weight is 390 g/mol. The number of carbonyl (C=O) groups is 2. The molecule has 1 aromatic rings. The minimum atomic E-state index is 0. The summed E-state index contributed by atoms with van der Waals surface area (Å²) in [5, 5.41) is 7.71. The average Bonchev–Trinajstić information content (AvgIpc) is 2.98. The fraction of sp³-hybridized carbons (Fsp3) is 0.688. The Morgan fingerprint density at radius 2 is 2.24 bits per heavy atom. The number of piperidine rings is 2. The summed E-state index contributed by atoms with van der Waals surface area (Å²) >= 11 is 5.84. The Morgan fingerprint density at radius 3 is 2.92 bits per heavy atom. The highest BCUT2D eigenvalue weighted by Crippen LogP contribution is 2.31. The fourth-order valence-corrected chi connectivity index (χ4v) is 3.92. The molecule has 0 aromatic carbocycles. The van der Waals surface area contributed by atoms with Crippen molar-refractivity contribution in [1.82, 2.24) is 24.9 Å². The van der Waals surface area contributed by atoms with Gasteiger partial charge in [-0.15, -0.1) is 12.4 Å². The van der Waals surface area contributed by atoms with Crippen LogP contribution in [0, 0.1) is 5.92 Å². The molecule has 2 aliphatic rings. The molecule has 2 fully saturated rings. The molecule has 3 heterocycles. The number of amides is 2. The summed E-state index contributed by atoms with van der Waals surface area (Å²) in [6, 6.07) is 0.266. The van der Waals surface area contributed by atoms with E-state index in [-0.39, 0.29) is 36.8 Å². The SMILES string of the molecule is CNCCN1C(=O)CC[C@H]2CN(C(=O)Cn3cc(Cl)cn3)CC[C@H]21.Cl. The smallest absolute Gasteiger partial charge is 0.244 e. The largest absolute Gasteiger partial charge is 0.341 e. The quantitative estimate of drug-likeness (QED) is 0.815. The summed E-state index contributed by atoms with van der Waals surface area (Å²) in [6.45, 7) is 3.18. The molecule has 1 N–H and O–H groups in total. The van der Waals surface area contributed by atoms with Crippen LogP contribution in [0.2, 0.25) is 5.02 Å². The van der Waals surface area contributed by atoms with Gasteiger partial charge in [-0.25, -0.2) is 0 Å². The van der Waals surface area contributed by atoms with E-state index < -0.39 is 0 Å². The normalized spacial score (nSPS) is 23.2. The number of rotatable bonds is 5. The first kappa shape index (κ1) is 20.0. The molecule has 9 heteroatoms. The highest BCUT2D eigenvalue weighted by Gasteiger charge is 2.39. The highest BCUT2D eigenvalue weighted by molar-refractivity contribution is 6.30. The van der Waals surface area contributed by atoms with E-state index in [4.69, 9.17) is 11.6 Å². The van der Waals surface area contributed by atoms with Gasteiger partial charge in [0.05, 0.1) is 11.2 Å². The molecule has 25 heavy (non-hydrogen) atoms. The van der Waals surface area contributed by atoms with Gasteiger partial charge in [0.2, 0.25) is 11.8 Å². The van der Waals surface area contributed by atoms with Crippen molar-refractivity contribution in [2.45, 2.75) is 31.8 Å². The number of halogens is 2. The molecule has 0 spiro atoms. The molecular formula is C16H25Cl2N5O2. The van der Waals surface area contributed by atoms with Crippen molar-refractivity contribution in [2.75, 3.05) is 33.2 Å². The number of aromatic nitrogens is 2. The Morgan fingerprint density at radius 1 is 1.44 bits per heavy atom. The van der Waals surface area contributed by atoms with E-state index in [1.165, 1.54) is 6.20 Å². The number of fused-ring (bicyclic) bond motifs is 1. The Hall–Kier alpha value is -1.31. The standard InChI is InChI=1S/C16H24ClN5O2.ClH/c1-18-5-7-22-14-4-6-20(9-12(14)2-3-15(22)23)16(24)11-21-10-13(17)8-19-21;/h8,10,12,14,18H,2-7,9,11H2,1H3;1H/t12-,14+;/m0./s1. The monoisotopic (exact) mass is 389 g/mol. The summed E-state index contributed by atoms with van der Waals surface area (Å²) in [5.74, 6) is 0.683. The van der Waals surface area contributed by atoms with Gasteiger partial charge in [-0.1, -0.05) is 11.6 Å². The lowest BCUT2D eigenvalue weighted by Gasteiger charge is -2.47. The topological polar surface area (TPSA) is 70.5 Å². The molecule has 7 nitrogen and oxygen atoms in total. The number of likely N-dealkylation sites (tertiary alicyclic amines) is 2. The van der Waals surface area contributed by atoms with E-state index in [0.717, 1.165) is 32.5 Å². The van der Waals surface area contributed by atoms with Crippen LogP contribution in [-0.4, -0.2) is 70.7 Å². The molecule has 2 amide bonds. The Bertz CT molecular complexity index is 609. The summed E-state index contributed by atoms with van der Waals surface area (Å²) in [5.41, 5.74) is 0. The number of nitrogens with one attached hydrogen (secondary N) is 1. The van der Waals surface area contributed by atoms with Crippen LogP contribution in [0.4, 0.5) is 0 Å². The number of likely N-dealkylation sites (N-methyl/N-ethyl adjacent to an activating group) is 1. The zero-order chi connectivity index (χ0) is 17.1. The van der Waals surface area contributed by atoms with Gasteiger partial charge in [-0.05, 0) is 25.8 Å². The van der Waals surface area contributed by atoms with E-state index in [9.17, 15) is 9.59 Å². The zero-order valence-electron chi connectivity index (χ0n) is 14.4. The van der Waals surface area contributed by atoms with Gasteiger partial charge in [-0.3, -0.25) is 14.3 Å². The van der Waals surface area contributed by atoms with Crippen LogP contribution in [-0.2, 0) is 16.1 Å². The van der Waals surface area contributed by atoms with Crippen molar-refractivity contribution in [2.24, 2.45) is 5.92 Å². The molecule has 3 rings (SSSR count). The van der Waals surface area contributed by atoms with Gasteiger partial charge >= 0.3 is 0 Å². The molecule has 140 valence electrons. The lowest BCUT2D eigenvalue weighted by Crippen LogP contribution is -2.58. The molecule has 0 saturated carbocycles. The second-order valence-electron chi connectivity index (χ2n) is 6.54. The van der Waals surface area contributed by atoms with Crippen molar-refractivity contribution in [3.63, 3.8) is 0 Å². The van der Waals surface area contributed by atoms with Crippen molar-refractivity contribution >= 4 is 35.8 Å². The maximum atomic E-state index is 12.5. The third-order valence-corrected chi connectivity index (χ3v) is 5.19. The molecule has 0 unspecified atom stereocenters. The van der Waals surface area contributed by atoms with E-state index in [0.29, 0.717) is 23.9 Å². The van der Waals surface area contributed by atoms with Crippen LogP contribution >= 0.6 is 24.0 Å². The number of hydrogen-bond acceptors (Lipinski definition) is 4. The highest BCUT2D eigenvalue weighted by atomic mass is 35.5. The van der Waals surface area contributed by atoms with Crippen molar-refractivity contribution < 1.29 is 9.59 Å². The molecule has 1 aromatic heterocycles. The van der Waals surface area contributed by atoms with E-state index >= 15 is 0 Å². The molecule has 2 aliphatic heterocycles. The summed E-state index contributed by atoms with van der Waals surface area (Å²) in [7, 11) is 1.90. The molecule has 0 aliphatic carbocycles. The van der Waals surface area contributed by atoms with Crippen LogP contribution in [0.25, 0.3) is 0 Å². The third kappa shape index (κ3) is 4.65. The van der Waals surface area contributed by atoms with Crippen molar-refractivity contribution in [3.8, 4) is 0 Å². The van der Waals surface area contributed by atoms with Crippen molar-refractivity contribution in [1.29, 1.82) is 0 Å². The van der Waals surface area contributed by atoms with Gasteiger partial charge in [0.1, 0.15) is 6.54 Å². The van der Waals surface area contributed by atoms with Gasteiger partial charge < -0.3 is 15.1 Å². The summed E-state index contributed by atoms with van der Waals surface area (Å²) in [4.78, 5) is 28.6. The first-order chi connectivity index (χ1) is 11.6. The molecule has 0 bridgehead atoms. The predicted octanol–water partition coefficient (Wildman–Crippen LogP) is 1.02. The number of nitrogens with zero attached hydrogens (tertiary/aromatic N) is 4. The Labute approximate surface area is 159 Å². The first-order valence-corrected chi connectivity index (χ1v) is 8.86. The molecular weight excluding hydrogens is 365 g/mol. The molecule has 2 saturated heterocycles. The minimum Gasteiger partial charge on any atom is -0.341 e. The Balaban J connectivity index is 0.00000225. The lowest BCUT2D eigenvalue weighted by molar-refractivity contribution is -0.144. The predicted molar refractivity (Wildman–Crippen MR) is 97.8 cm³/mol. The maximum absolute atomic E-state index is 12.5. The van der Waals surface area contributed by atoms with Crippen LogP contribution in [0.5, 0.6) is 0 Å². The van der Waals surface area contributed by atoms with Crippen LogP contribution in [0.15, 0.2) is 12.4 Å². The van der Waals surface area contributed by atoms with Gasteiger partial charge in [0.15, 0.2) is 0 Å². The Kier molecular flexibility index (Phi) is 7.10. The second kappa shape index (κ2) is 8.87. The zero-order valence-corrected chi connectivity index (χ0v) is 15.9. The first-order valence-electron chi connectivity index (χ1n) is 8.48. The number of hydrogen-bond donors (Lipinski definition) is 1. The fourth-order valence-electron chi connectivity index (χ4n) is 3.76. The summed E-state index contributed by atoms with van der Waals surface area (Å²) in [6.07, 6.45) is 5.50. The van der Waals surface area contributed by atoms with Gasteiger partial charge in [0.25, 0.3) is 0 Å². The number of carbonyl (C=O) groups excluding carboxylic acids is 2. The molecule has 2 atom stereocenters. The second-order valence-corrected chi connectivity index (χ2v) is 6.98. The van der Waals surface area contributed by atoms with Crippen LogP contribution in [0.3, 0.4) is 0 Å². The van der Waals surface area contributed by atoms with Crippen LogP contribution < -0.4 is 5.32 Å². The van der Waals surface area contributed by atoms with E-state index in [2.05, 4.69) is 10.4 Å².